The molecule has 122 valence electrons. The quantitative estimate of drug-likeness (QED) is 0.457. The van der Waals surface area contributed by atoms with Crippen molar-refractivity contribution in [3.05, 3.63) is 28.3 Å². The van der Waals surface area contributed by atoms with Gasteiger partial charge in [-0.1, -0.05) is 0 Å². The van der Waals surface area contributed by atoms with Crippen LogP contribution in [0.15, 0.2) is 18.2 Å². The molecule has 22 heavy (non-hydrogen) atoms. The average molecular weight is 322 g/mol. The number of non-ortho nitro benzene ring substituents is 1. The van der Waals surface area contributed by atoms with Gasteiger partial charge in [0.05, 0.1) is 11.0 Å². The number of alkyl halides is 4. The van der Waals surface area contributed by atoms with Gasteiger partial charge in [0.1, 0.15) is 5.75 Å². The lowest BCUT2D eigenvalue weighted by atomic mass is 10.2. The van der Waals surface area contributed by atoms with Crippen LogP contribution in [0.1, 0.15) is 12.8 Å². The lowest BCUT2D eigenvalue weighted by Gasteiger charge is -2.20. The van der Waals surface area contributed by atoms with Crippen molar-refractivity contribution < 1.29 is 27.2 Å². The molecule has 1 heterocycles. The van der Waals surface area contributed by atoms with Gasteiger partial charge in [0, 0.05) is 30.9 Å². The Labute approximate surface area is 123 Å². The molecule has 1 fully saturated rings. The summed E-state index contributed by atoms with van der Waals surface area (Å²) in [5.41, 5.74) is 0.127. The summed E-state index contributed by atoms with van der Waals surface area (Å²) < 4.78 is 54.6. The third-order valence-corrected chi connectivity index (χ3v) is 3.31. The van der Waals surface area contributed by atoms with Crippen LogP contribution in [0.2, 0.25) is 0 Å². The van der Waals surface area contributed by atoms with Gasteiger partial charge >= 0.3 is 12.3 Å². The molecule has 0 bridgehead atoms. The molecule has 5 nitrogen and oxygen atoms in total. The fourth-order valence-electron chi connectivity index (χ4n) is 2.16. The molecule has 0 atom stereocenters. The number of hydrogen-bond donors (Lipinski definition) is 0. The van der Waals surface area contributed by atoms with Crippen molar-refractivity contribution in [2.45, 2.75) is 25.2 Å². The number of nitrogens with zero attached hydrogens (tertiary/aromatic N) is 2. The van der Waals surface area contributed by atoms with Crippen LogP contribution in [-0.4, -0.2) is 37.0 Å². The van der Waals surface area contributed by atoms with Crippen LogP contribution in [0.4, 0.5) is 28.9 Å². The maximum Gasteiger partial charge on any atom is 0.340 e. The molecule has 0 saturated carbocycles. The number of anilines is 1. The zero-order valence-electron chi connectivity index (χ0n) is 11.5. The topological polar surface area (TPSA) is 55.6 Å². The summed E-state index contributed by atoms with van der Waals surface area (Å²) >= 11 is 0. The molecular formula is C13H14F4N2O3. The third-order valence-electron chi connectivity index (χ3n) is 3.31. The van der Waals surface area contributed by atoms with Crippen molar-refractivity contribution >= 4 is 11.4 Å². The minimum Gasteiger partial charge on any atom is -0.487 e. The van der Waals surface area contributed by atoms with Gasteiger partial charge in [-0.15, -0.1) is 0 Å². The molecule has 1 aliphatic heterocycles. The van der Waals surface area contributed by atoms with E-state index >= 15 is 0 Å². The maximum absolute atomic E-state index is 12.9. The van der Waals surface area contributed by atoms with Crippen LogP contribution < -0.4 is 9.64 Å². The number of halogens is 4. The third kappa shape index (κ3) is 3.77. The molecule has 2 rings (SSSR count). The summed E-state index contributed by atoms with van der Waals surface area (Å²) in [4.78, 5) is 12.1. The Hall–Kier alpha value is -2.06. The van der Waals surface area contributed by atoms with Crippen molar-refractivity contribution in [1.82, 2.24) is 0 Å². The van der Waals surface area contributed by atoms with E-state index in [9.17, 15) is 27.7 Å². The minimum absolute atomic E-state index is 0.226. The highest BCUT2D eigenvalue weighted by atomic mass is 19.3. The molecule has 0 unspecified atom stereocenters. The summed E-state index contributed by atoms with van der Waals surface area (Å²) in [7, 11) is 0. The van der Waals surface area contributed by atoms with E-state index in [4.69, 9.17) is 0 Å². The summed E-state index contributed by atoms with van der Waals surface area (Å²) in [5.74, 6) is -4.53. The Morgan fingerprint density at radius 2 is 1.91 bits per heavy atom. The van der Waals surface area contributed by atoms with Crippen LogP contribution in [0.3, 0.4) is 0 Å². The molecule has 0 N–H and O–H groups in total. The standard InChI is InChI=1S/C13H14F4N2O3/c14-12(15)13(16,17)8-22-11-6-9(18-3-1-2-4-18)5-10(7-11)19(20)21/h5-7,12H,1-4,8H2. The number of hydrogen-bond acceptors (Lipinski definition) is 4. The van der Waals surface area contributed by atoms with Crippen molar-refractivity contribution in [3.63, 3.8) is 0 Å². The van der Waals surface area contributed by atoms with Gasteiger partial charge < -0.3 is 9.64 Å². The van der Waals surface area contributed by atoms with Crippen LogP contribution in [0.25, 0.3) is 0 Å². The highest BCUT2D eigenvalue weighted by Gasteiger charge is 2.41. The van der Waals surface area contributed by atoms with Crippen molar-refractivity contribution in [2.75, 3.05) is 24.6 Å². The normalized spacial score (nSPS) is 15.4. The number of nitro groups is 1. The van der Waals surface area contributed by atoms with Crippen molar-refractivity contribution in [3.8, 4) is 5.75 Å². The van der Waals surface area contributed by atoms with Gasteiger partial charge in [0.25, 0.3) is 5.69 Å². The smallest absolute Gasteiger partial charge is 0.340 e. The molecule has 0 radical (unpaired) electrons. The lowest BCUT2D eigenvalue weighted by Crippen LogP contribution is -2.33. The molecule has 1 aromatic carbocycles. The molecule has 0 aromatic heterocycles. The fraction of sp³-hybridized carbons (Fsp3) is 0.538. The molecule has 9 heteroatoms. The maximum atomic E-state index is 12.9. The van der Waals surface area contributed by atoms with Gasteiger partial charge in [-0.2, -0.15) is 8.78 Å². The van der Waals surface area contributed by atoms with E-state index in [0.717, 1.165) is 18.9 Å². The first-order valence-corrected chi connectivity index (χ1v) is 6.63. The van der Waals surface area contributed by atoms with E-state index in [1.807, 2.05) is 4.90 Å². The molecule has 1 aliphatic rings. The zero-order chi connectivity index (χ0) is 16.3. The summed E-state index contributed by atoms with van der Waals surface area (Å²) in [6.07, 6.45) is -2.02. The molecule has 0 aliphatic carbocycles. The van der Waals surface area contributed by atoms with Gasteiger partial charge in [-0.25, -0.2) is 8.78 Å². The van der Waals surface area contributed by atoms with Crippen LogP contribution >= 0.6 is 0 Å². The van der Waals surface area contributed by atoms with Gasteiger partial charge in [-0.05, 0) is 12.8 Å². The van der Waals surface area contributed by atoms with E-state index in [0.29, 0.717) is 18.8 Å². The Morgan fingerprint density at radius 1 is 1.27 bits per heavy atom. The average Bonchev–Trinajstić information content (AvgIpc) is 2.99. The van der Waals surface area contributed by atoms with E-state index < -0.39 is 23.9 Å². The summed E-state index contributed by atoms with van der Waals surface area (Å²) in [6, 6.07) is 3.60. The predicted molar refractivity (Wildman–Crippen MR) is 71.0 cm³/mol. The Balaban J connectivity index is 2.20. The largest absolute Gasteiger partial charge is 0.487 e. The first-order valence-electron chi connectivity index (χ1n) is 6.63. The molecular weight excluding hydrogens is 308 g/mol. The Kier molecular flexibility index (Phi) is 4.72. The van der Waals surface area contributed by atoms with E-state index in [1.54, 1.807) is 0 Å². The SMILES string of the molecule is O=[N+]([O-])c1cc(OCC(F)(F)C(F)F)cc(N2CCCC2)c1. The molecule has 0 amide bonds. The molecule has 1 saturated heterocycles. The molecule has 0 spiro atoms. The first-order chi connectivity index (χ1) is 10.3. The van der Waals surface area contributed by atoms with Gasteiger partial charge in [-0.3, -0.25) is 10.1 Å². The zero-order valence-corrected chi connectivity index (χ0v) is 11.5. The number of benzene rings is 1. The Bertz CT molecular complexity index is 548. The second-order valence-corrected chi connectivity index (χ2v) is 4.99. The van der Waals surface area contributed by atoms with Crippen LogP contribution in [0.5, 0.6) is 5.75 Å². The number of nitro benzene ring substituents is 1. The van der Waals surface area contributed by atoms with Crippen molar-refractivity contribution in [1.29, 1.82) is 0 Å². The monoisotopic (exact) mass is 322 g/mol. The number of rotatable bonds is 6. The fourth-order valence-corrected chi connectivity index (χ4v) is 2.16. The first kappa shape index (κ1) is 16.3. The van der Waals surface area contributed by atoms with E-state index in [-0.39, 0.29) is 11.4 Å². The highest BCUT2D eigenvalue weighted by Crippen LogP contribution is 2.32. The number of ether oxygens (including phenoxy) is 1. The Morgan fingerprint density at radius 3 is 2.45 bits per heavy atom. The summed E-state index contributed by atoms with van der Waals surface area (Å²) in [5, 5.41) is 10.9. The second-order valence-electron chi connectivity index (χ2n) is 4.99. The van der Waals surface area contributed by atoms with Crippen molar-refractivity contribution in [2.24, 2.45) is 0 Å². The lowest BCUT2D eigenvalue weighted by molar-refractivity contribution is -0.384. The van der Waals surface area contributed by atoms with Gasteiger partial charge in [0.15, 0.2) is 6.61 Å². The second kappa shape index (κ2) is 6.37. The van der Waals surface area contributed by atoms with Gasteiger partial charge in [0.2, 0.25) is 0 Å². The predicted octanol–water partition coefficient (Wildman–Crippen LogP) is 3.47. The molecule has 1 aromatic rings. The van der Waals surface area contributed by atoms with Crippen LogP contribution in [-0.2, 0) is 0 Å². The summed E-state index contributed by atoms with van der Waals surface area (Å²) in [6.45, 7) is -0.160. The minimum atomic E-state index is -4.31. The van der Waals surface area contributed by atoms with Crippen LogP contribution in [0, 0.1) is 10.1 Å². The van der Waals surface area contributed by atoms with E-state index in [2.05, 4.69) is 4.74 Å². The highest BCUT2D eigenvalue weighted by molar-refractivity contribution is 5.58. The van der Waals surface area contributed by atoms with E-state index in [1.165, 1.54) is 12.1 Å².